The second-order valence-electron chi connectivity index (χ2n) is 8.08. The summed E-state index contributed by atoms with van der Waals surface area (Å²) < 4.78 is 40.8. The summed E-state index contributed by atoms with van der Waals surface area (Å²) in [6, 6.07) is -0.162. The van der Waals surface area contributed by atoms with Crippen molar-refractivity contribution >= 4 is 11.9 Å². The highest BCUT2D eigenvalue weighted by molar-refractivity contribution is 5.82. The number of piperazine rings is 1. The number of nitrogens with one attached hydrogen (secondary N) is 1. The smallest absolute Gasteiger partial charge is 0.357 e. The molecule has 1 aromatic heterocycles. The first-order valence-electron chi connectivity index (χ1n) is 10.9. The summed E-state index contributed by atoms with van der Waals surface area (Å²) in [5.74, 6) is 0.764. The van der Waals surface area contributed by atoms with Crippen LogP contribution in [0, 0.1) is 0 Å². The van der Waals surface area contributed by atoms with Crippen molar-refractivity contribution < 1.29 is 18.0 Å². The first kappa shape index (κ1) is 23.4. The first-order valence-corrected chi connectivity index (χ1v) is 10.9. The van der Waals surface area contributed by atoms with Crippen molar-refractivity contribution in [1.82, 2.24) is 29.8 Å². The minimum Gasteiger partial charge on any atom is -0.357 e. The van der Waals surface area contributed by atoms with Gasteiger partial charge in [-0.15, -0.1) is 0 Å². The van der Waals surface area contributed by atoms with E-state index in [1.807, 2.05) is 23.6 Å². The Bertz CT molecular complexity index is 778. The topological polar surface area (TPSA) is 69.0 Å². The Kier molecular flexibility index (Phi) is 7.45. The second-order valence-corrected chi connectivity index (χ2v) is 8.08. The number of aryl methyl sites for hydroxylation is 1. The van der Waals surface area contributed by atoms with Crippen molar-refractivity contribution in [2.45, 2.75) is 45.5 Å². The zero-order valence-electron chi connectivity index (χ0n) is 18.5. The van der Waals surface area contributed by atoms with E-state index in [4.69, 9.17) is 0 Å². The van der Waals surface area contributed by atoms with E-state index in [2.05, 4.69) is 20.3 Å². The zero-order valence-corrected chi connectivity index (χ0v) is 18.5. The molecule has 0 bridgehead atoms. The van der Waals surface area contributed by atoms with E-state index in [9.17, 15) is 18.0 Å². The van der Waals surface area contributed by atoms with E-state index < -0.39 is 11.9 Å². The van der Waals surface area contributed by atoms with Gasteiger partial charge in [0.05, 0.1) is 12.6 Å². The third-order valence-corrected chi connectivity index (χ3v) is 5.84. The fraction of sp³-hybridized carbons (Fsp3) is 0.750. The fourth-order valence-corrected chi connectivity index (χ4v) is 4.16. The lowest BCUT2D eigenvalue weighted by molar-refractivity contribution is -0.142. The van der Waals surface area contributed by atoms with Gasteiger partial charge in [0.1, 0.15) is 0 Å². The Labute approximate surface area is 181 Å². The highest BCUT2D eigenvalue weighted by Gasteiger charge is 2.37. The molecular formula is C20H32F3N7O. The number of alkyl halides is 3. The molecule has 0 saturated carbocycles. The zero-order chi connectivity index (χ0) is 22.6. The molecule has 1 unspecified atom stereocenters. The number of hydrogen-bond acceptors (Lipinski definition) is 4. The highest BCUT2D eigenvalue weighted by Crippen LogP contribution is 2.30. The van der Waals surface area contributed by atoms with Crippen LogP contribution in [0.25, 0.3) is 0 Å². The molecule has 1 N–H and O–H groups in total. The van der Waals surface area contributed by atoms with E-state index in [0.717, 1.165) is 30.6 Å². The van der Waals surface area contributed by atoms with Gasteiger partial charge in [0.15, 0.2) is 11.7 Å². The molecule has 0 radical (unpaired) electrons. The number of guanidine groups is 1. The van der Waals surface area contributed by atoms with Crippen LogP contribution in [0.2, 0.25) is 0 Å². The normalized spacial score (nSPS) is 19.7. The molecule has 2 aliphatic rings. The number of carbonyl (C=O) groups is 1. The molecule has 11 heteroatoms. The molecule has 0 aliphatic carbocycles. The van der Waals surface area contributed by atoms with Gasteiger partial charge in [-0.2, -0.15) is 18.3 Å². The van der Waals surface area contributed by atoms with Gasteiger partial charge in [0.25, 0.3) is 0 Å². The van der Waals surface area contributed by atoms with Crippen LogP contribution >= 0.6 is 0 Å². The standard InChI is InChI=1S/C20H32F3N7O/c1-4-24-19(25-13-16-14-27(3)26-17(16)20(21,22)23)30-11-9-28(10-12-30)15(2)18(31)29-7-5-6-8-29/h14-15H,4-13H2,1-3H3,(H,24,25). The van der Waals surface area contributed by atoms with E-state index in [-0.39, 0.29) is 24.1 Å². The summed E-state index contributed by atoms with van der Waals surface area (Å²) in [5.41, 5.74) is -0.845. The number of aliphatic imine (C=N–C) groups is 1. The molecule has 31 heavy (non-hydrogen) atoms. The Morgan fingerprint density at radius 1 is 1.16 bits per heavy atom. The quantitative estimate of drug-likeness (QED) is 0.552. The monoisotopic (exact) mass is 443 g/mol. The lowest BCUT2D eigenvalue weighted by Gasteiger charge is -2.39. The lowest BCUT2D eigenvalue weighted by atomic mass is 10.2. The number of rotatable bonds is 5. The Hall–Kier alpha value is -2.30. The predicted molar refractivity (Wildman–Crippen MR) is 111 cm³/mol. The van der Waals surface area contributed by atoms with Crippen LogP contribution in [-0.2, 0) is 24.6 Å². The van der Waals surface area contributed by atoms with Gasteiger partial charge in [0, 0.05) is 64.6 Å². The van der Waals surface area contributed by atoms with Gasteiger partial charge in [-0.1, -0.05) is 0 Å². The second kappa shape index (κ2) is 9.88. The maximum atomic E-state index is 13.2. The van der Waals surface area contributed by atoms with Gasteiger partial charge in [-0.25, -0.2) is 4.99 Å². The van der Waals surface area contributed by atoms with Crippen LogP contribution < -0.4 is 5.32 Å². The van der Waals surface area contributed by atoms with Crippen LogP contribution in [0.15, 0.2) is 11.2 Å². The fourth-order valence-electron chi connectivity index (χ4n) is 4.16. The highest BCUT2D eigenvalue weighted by atomic mass is 19.4. The Morgan fingerprint density at radius 3 is 2.39 bits per heavy atom. The minimum absolute atomic E-state index is 0.0499. The molecule has 2 fully saturated rings. The number of likely N-dealkylation sites (tertiary alicyclic amines) is 1. The van der Waals surface area contributed by atoms with Crippen LogP contribution in [-0.4, -0.2) is 88.2 Å². The molecule has 1 amide bonds. The summed E-state index contributed by atoms with van der Waals surface area (Å²) in [6.07, 6.45) is -1.00. The maximum Gasteiger partial charge on any atom is 0.435 e. The molecule has 0 aromatic carbocycles. The Morgan fingerprint density at radius 2 is 1.81 bits per heavy atom. The van der Waals surface area contributed by atoms with Gasteiger partial charge in [0.2, 0.25) is 5.91 Å². The number of nitrogens with zero attached hydrogens (tertiary/aromatic N) is 6. The van der Waals surface area contributed by atoms with Crippen LogP contribution in [0.3, 0.4) is 0 Å². The van der Waals surface area contributed by atoms with Crippen molar-refractivity contribution in [2.75, 3.05) is 45.8 Å². The average Bonchev–Trinajstić information content (AvgIpc) is 3.40. The Balaban J connectivity index is 1.62. The molecule has 3 heterocycles. The van der Waals surface area contributed by atoms with Gasteiger partial charge in [-0.05, 0) is 26.7 Å². The van der Waals surface area contributed by atoms with E-state index in [1.165, 1.54) is 13.2 Å². The van der Waals surface area contributed by atoms with Crippen molar-refractivity contribution in [3.63, 3.8) is 0 Å². The number of carbonyl (C=O) groups excluding carboxylic acids is 1. The molecule has 2 saturated heterocycles. The van der Waals surface area contributed by atoms with E-state index in [1.54, 1.807) is 0 Å². The van der Waals surface area contributed by atoms with Crippen LogP contribution in [0.5, 0.6) is 0 Å². The van der Waals surface area contributed by atoms with Crippen LogP contribution in [0.1, 0.15) is 37.9 Å². The molecule has 0 spiro atoms. The van der Waals surface area contributed by atoms with Crippen LogP contribution in [0.4, 0.5) is 13.2 Å². The van der Waals surface area contributed by atoms with Crippen molar-refractivity contribution in [2.24, 2.45) is 12.0 Å². The summed E-state index contributed by atoms with van der Waals surface area (Å²) in [7, 11) is 1.47. The summed E-state index contributed by atoms with van der Waals surface area (Å²) in [4.78, 5) is 23.3. The molecule has 174 valence electrons. The third-order valence-electron chi connectivity index (χ3n) is 5.84. The molecule has 3 rings (SSSR count). The number of amides is 1. The molecule has 1 atom stereocenters. The lowest BCUT2D eigenvalue weighted by Crippen LogP contribution is -2.57. The maximum absolute atomic E-state index is 13.2. The largest absolute Gasteiger partial charge is 0.435 e. The number of aromatic nitrogens is 2. The number of hydrogen-bond donors (Lipinski definition) is 1. The van der Waals surface area contributed by atoms with Crippen molar-refractivity contribution in [1.29, 1.82) is 0 Å². The molecule has 8 nitrogen and oxygen atoms in total. The van der Waals surface area contributed by atoms with Gasteiger partial charge in [-0.3, -0.25) is 14.4 Å². The molecule has 1 aromatic rings. The minimum atomic E-state index is -4.51. The summed E-state index contributed by atoms with van der Waals surface area (Å²) in [5, 5.41) is 6.72. The predicted octanol–water partition coefficient (Wildman–Crippen LogP) is 1.53. The average molecular weight is 444 g/mol. The van der Waals surface area contributed by atoms with Gasteiger partial charge < -0.3 is 15.1 Å². The van der Waals surface area contributed by atoms with Gasteiger partial charge >= 0.3 is 6.18 Å². The summed E-state index contributed by atoms with van der Waals surface area (Å²) in [6.45, 7) is 8.79. The molecule has 2 aliphatic heterocycles. The first-order chi connectivity index (χ1) is 14.7. The van der Waals surface area contributed by atoms with Crippen molar-refractivity contribution in [3.8, 4) is 0 Å². The SMILES string of the molecule is CCNC(=NCc1cn(C)nc1C(F)(F)F)N1CCN(C(C)C(=O)N2CCCC2)CC1. The van der Waals surface area contributed by atoms with Crippen molar-refractivity contribution in [3.05, 3.63) is 17.5 Å². The van der Waals surface area contributed by atoms with E-state index >= 15 is 0 Å². The number of halogens is 3. The third kappa shape index (κ3) is 5.69. The molecular weight excluding hydrogens is 411 g/mol. The van der Waals surface area contributed by atoms with E-state index in [0.29, 0.717) is 38.7 Å². The summed E-state index contributed by atoms with van der Waals surface area (Å²) >= 11 is 0.